The largest absolute Gasteiger partial charge is 0.398 e. The number of carbonyl (C=O) groups excluding carboxylic acids is 1. The number of hydrogen-bond donors (Lipinski definition) is 2. The predicted octanol–water partition coefficient (Wildman–Crippen LogP) is 2.17. The van der Waals surface area contributed by atoms with Gasteiger partial charge in [-0.05, 0) is 38.5 Å². The number of nitrogens with two attached hydrogens (primary N) is 1. The molecule has 1 aromatic carbocycles. The van der Waals surface area contributed by atoms with Crippen molar-refractivity contribution in [3.63, 3.8) is 0 Å². The summed E-state index contributed by atoms with van der Waals surface area (Å²) in [4.78, 5) is 11.2. The fraction of sp³-hybridized carbons (Fsp3) is 0.273. The average molecular weight is 190 g/mol. The van der Waals surface area contributed by atoms with E-state index in [2.05, 4.69) is 0 Å². The summed E-state index contributed by atoms with van der Waals surface area (Å²) in [6.07, 6.45) is 0. The lowest BCUT2D eigenvalue weighted by atomic mass is 9.99. The number of rotatable bonds is 2. The van der Waals surface area contributed by atoms with E-state index < -0.39 is 0 Å². The van der Waals surface area contributed by atoms with Gasteiger partial charge in [0, 0.05) is 22.5 Å². The third kappa shape index (κ3) is 1.82. The summed E-state index contributed by atoms with van der Waals surface area (Å²) in [7, 11) is 0. The van der Waals surface area contributed by atoms with Gasteiger partial charge >= 0.3 is 0 Å². The predicted molar refractivity (Wildman–Crippen MR) is 58.1 cm³/mol. The summed E-state index contributed by atoms with van der Waals surface area (Å²) in [5.41, 5.74) is 8.87. The van der Waals surface area contributed by atoms with Crippen LogP contribution in [0.3, 0.4) is 0 Å². The summed E-state index contributed by atoms with van der Waals surface area (Å²) in [5.74, 6) is -0.00407. The van der Waals surface area contributed by atoms with Crippen molar-refractivity contribution in [2.45, 2.75) is 20.8 Å². The lowest BCUT2D eigenvalue weighted by molar-refractivity contribution is 0.101. The molecular weight excluding hydrogens is 176 g/mol. The maximum Gasteiger partial charge on any atom is 0.159 e. The van der Waals surface area contributed by atoms with Crippen LogP contribution < -0.4 is 5.73 Å². The van der Waals surface area contributed by atoms with Crippen LogP contribution in [0, 0.1) is 12.3 Å². The first-order valence-corrected chi connectivity index (χ1v) is 4.40. The molecule has 0 aliphatic carbocycles. The highest BCUT2D eigenvalue weighted by molar-refractivity contribution is 6.04. The third-order valence-corrected chi connectivity index (χ3v) is 2.20. The van der Waals surface area contributed by atoms with Crippen molar-refractivity contribution < 1.29 is 4.79 Å². The Morgan fingerprint density at radius 2 is 1.93 bits per heavy atom. The SMILES string of the molecule is CC(=N)c1cc(C(C)=O)cc(C)c1N. The number of benzene rings is 1. The minimum Gasteiger partial charge on any atom is -0.398 e. The molecule has 0 heterocycles. The molecule has 0 amide bonds. The maximum absolute atomic E-state index is 11.2. The van der Waals surface area contributed by atoms with Crippen LogP contribution in [0.2, 0.25) is 0 Å². The average Bonchev–Trinajstić information content (AvgIpc) is 2.08. The van der Waals surface area contributed by atoms with Gasteiger partial charge in [-0.2, -0.15) is 0 Å². The molecular formula is C11H14N2O. The monoisotopic (exact) mass is 190 g/mol. The molecule has 0 saturated carbocycles. The summed E-state index contributed by atoms with van der Waals surface area (Å²) >= 11 is 0. The van der Waals surface area contributed by atoms with E-state index in [1.54, 1.807) is 19.1 Å². The number of nitrogens with one attached hydrogen (secondary N) is 1. The smallest absolute Gasteiger partial charge is 0.159 e. The van der Waals surface area contributed by atoms with Gasteiger partial charge in [-0.25, -0.2) is 0 Å². The van der Waals surface area contributed by atoms with Gasteiger partial charge in [0.15, 0.2) is 5.78 Å². The van der Waals surface area contributed by atoms with Crippen LogP contribution >= 0.6 is 0 Å². The lowest BCUT2D eigenvalue weighted by Crippen LogP contribution is -2.05. The van der Waals surface area contributed by atoms with Gasteiger partial charge in [0.1, 0.15) is 0 Å². The molecule has 1 rings (SSSR count). The molecule has 3 N–H and O–H groups in total. The van der Waals surface area contributed by atoms with Crippen molar-refractivity contribution in [1.82, 2.24) is 0 Å². The van der Waals surface area contributed by atoms with Crippen molar-refractivity contribution in [1.29, 1.82) is 5.41 Å². The van der Waals surface area contributed by atoms with Gasteiger partial charge in [-0.3, -0.25) is 4.79 Å². The quantitative estimate of drug-likeness (QED) is 0.426. The Morgan fingerprint density at radius 1 is 1.36 bits per heavy atom. The molecule has 0 bridgehead atoms. The lowest BCUT2D eigenvalue weighted by Gasteiger charge is -2.09. The Kier molecular flexibility index (Phi) is 2.70. The minimum absolute atomic E-state index is 0.00407. The Labute approximate surface area is 83.4 Å². The molecule has 0 aliphatic rings. The Balaban J connectivity index is 3.43. The molecule has 0 unspecified atom stereocenters. The van der Waals surface area contributed by atoms with Crippen LogP contribution in [-0.2, 0) is 0 Å². The van der Waals surface area contributed by atoms with E-state index in [1.807, 2.05) is 6.92 Å². The summed E-state index contributed by atoms with van der Waals surface area (Å²) in [6.45, 7) is 5.01. The molecule has 0 aliphatic heterocycles. The van der Waals surface area contributed by atoms with Gasteiger partial charge in [0.2, 0.25) is 0 Å². The molecule has 0 atom stereocenters. The highest BCUT2D eigenvalue weighted by Gasteiger charge is 2.09. The van der Waals surface area contributed by atoms with Gasteiger partial charge in [0.05, 0.1) is 0 Å². The van der Waals surface area contributed by atoms with E-state index in [4.69, 9.17) is 11.1 Å². The maximum atomic E-state index is 11.2. The molecule has 0 radical (unpaired) electrons. The first kappa shape index (κ1) is 10.4. The molecule has 3 heteroatoms. The topological polar surface area (TPSA) is 66.9 Å². The number of aryl methyl sites for hydroxylation is 1. The van der Waals surface area contributed by atoms with E-state index in [9.17, 15) is 4.79 Å². The fourth-order valence-corrected chi connectivity index (χ4v) is 1.31. The van der Waals surface area contributed by atoms with E-state index in [1.165, 1.54) is 6.92 Å². The normalized spacial score (nSPS) is 9.93. The highest BCUT2D eigenvalue weighted by atomic mass is 16.1. The molecule has 0 fully saturated rings. The van der Waals surface area contributed by atoms with Crippen LogP contribution in [0.1, 0.15) is 35.3 Å². The van der Waals surface area contributed by atoms with Crippen LogP contribution in [0.4, 0.5) is 5.69 Å². The molecule has 3 nitrogen and oxygen atoms in total. The molecule has 0 saturated heterocycles. The Hall–Kier alpha value is -1.64. The van der Waals surface area contributed by atoms with E-state index >= 15 is 0 Å². The summed E-state index contributed by atoms with van der Waals surface area (Å²) < 4.78 is 0. The van der Waals surface area contributed by atoms with Crippen LogP contribution in [0.5, 0.6) is 0 Å². The zero-order valence-electron chi connectivity index (χ0n) is 8.64. The summed E-state index contributed by atoms with van der Waals surface area (Å²) in [6, 6.07) is 3.43. The fourth-order valence-electron chi connectivity index (χ4n) is 1.31. The van der Waals surface area contributed by atoms with Crippen LogP contribution in [0.25, 0.3) is 0 Å². The van der Waals surface area contributed by atoms with Crippen molar-refractivity contribution in [2.24, 2.45) is 0 Å². The molecule has 74 valence electrons. The highest BCUT2D eigenvalue weighted by Crippen LogP contribution is 2.20. The zero-order valence-corrected chi connectivity index (χ0v) is 8.64. The Bertz CT molecular complexity index is 408. The second-order valence-corrected chi connectivity index (χ2v) is 3.44. The minimum atomic E-state index is -0.00407. The number of hydrogen-bond acceptors (Lipinski definition) is 3. The molecule has 14 heavy (non-hydrogen) atoms. The van der Waals surface area contributed by atoms with Gasteiger partial charge < -0.3 is 11.1 Å². The molecule has 0 aromatic heterocycles. The van der Waals surface area contributed by atoms with Crippen LogP contribution in [0.15, 0.2) is 12.1 Å². The number of anilines is 1. The summed E-state index contributed by atoms with van der Waals surface area (Å²) in [5, 5.41) is 7.52. The van der Waals surface area contributed by atoms with Gasteiger partial charge in [0.25, 0.3) is 0 Å². The first-order valence-electron chi connectivity index (χ1n) is 4.40. The van der Waals surface area contributed by atoms with E-state index in [0.29, 0.717) is 22.5 Å². The zero-order chi connectivity index (χ0) is 10.9. The number of ketones is 1. The number of Topliss-reactive ketones (excluding diaryl/α,β-unsaturated/α-hetero) is 1. The van der Waals surface area contributed by atoms with Crippen molar-refractivity contribution >= 4 is 17.2 Å². The first-order chi connectivity index (χ1) is 6.43. The second kappa shape index (κ2) is 3.62. The van der Waals surface area contributed by atoms with Crippen LogP contribution in [-0.4, -0.2) is 11.5 Å². The number of carbonyl (C=O) groups is 1. The number of nitrogen functional groups attached to an aromatic ring is 1. The van der Waals surface area contributed by atoms with Gasteiger partial charge in [-0.1, -0.05) is 0 Å². The van der Waals surface area contributed by atoms with E-state index in [-0.39, 0.29) is 5.78 Å². The molecule has 0 spiro atoms. The Morgan fingerprint density at radius 3 is 2.36 bits per heavy atom. The van der Waals surface area contributed by atoms with E-state index in [0.717, 1.165) is 5.56 Å². The van der Waals surface area contributed by atoms with Crippen molar-refractivity contribution in [3.05, 3.63) is 28.8 Å². The van der Waals surface area contributed by atoms with Crippen molar-refractivity contribution in [2.75, 3.05) is 5.73 Å². The van der Waals surface area contributed by atoms with Gasteiger partial charge in [-0.15, -0.1) is 0 Å². The standard InChI is InChI=1S/C11H14N2O/c1-6-4-9(8(3)14)5-10(7(2)12)11(6)13/h4-5,12H,13H2,1-3H3. The second-order valence-electron chi connectivity index (χ2n) is 3.44. The third-order valence-electron chi connectivity index (χ3n) is 2.20. The van der Waals surface area contributed by atoms with Crippen molar-refractivity contribution in [3.8, 4) is 0 Å². The molecule has 1 aromatic rings.